The highest BCUT2D eigenvalue weighted by Crippen LogP contribution is 2.36. The smallest absolute Gasteiger partial charge is 0.385 e. The van der Waals surface area contributed by atoms with Gasteiger partial charge in [-0.1, -0.05) is 15.9 Å². The average molecular weight is 326 g/mol. The molecule has 18 heavy (non-hydrogen) atoms. The fourth-order valence-electron chi connectivity index (χ4n) is 1.50. The normalized spacial score (nSPS) is 11.6. The van der Waals surface area contributed by atoms with Gasteiger partial charge in [0, 0.05) is 30.4 Å². The van der Waals surface area contributed by atoms with Gasteiger partial charge in [0.1, 0.15) is 0 Å². The molecule has 0 radical (unpaired) electrons. The van der Waals surface area contributed by atoms with Crippen LogP contribution in [0.15, 0.2) is 22.7 Å². The predicted molar refractivity (Wildman–Crippen MR) is 68.7 cm³/mol. The largest absolute Gasteiger partial charge is 0.418 e. The lowest BCUT2D eigenvalue weighted by Gasteiger charge is -2.14. The van der Waals surface area contributed by atoms with Gasteiger partial charge in [-0.25, -0.2) is 0 Å². The Balaban J connectivity index is 2.65. The zero-order valence-corrected chi connectivity index (χ0v) is 11.6. The zero-order chi connectivity index (χ0) is 13.6. The van der Waals surface area contributed by atoms with E-state index in [-0.39, 0.29) is 5.69 Å². The van der Waals surface area contributed by atoms with E-state index in [9.17, 15) is 13.2 Å². The van der Waals surface area contributed by atoms with Crippen LogP contribution in [0.3, 0.4) is 0 Å². The van der Waals surface area contributed by atoms with Gasteiger partial charge in [0.25, 0.3) is 0 Å². The Morgan fingerprint density at radius 3 is 2.61 bits per heavy atom. The zero-order valence-electron chi connectivity index (χ0n) is 9.98. The van der Waals surface area contributed by atoms with Crippen LogP contribution in [0.1, 0.15) is 18.4 Å². The number of rotatable bonds is 6. The lowest BCUT2D eigenvalue weighted by atomic mass is 10.1. The standard InChI is InChI=1S/C12H15BrF3NO/c1-18-7-3-2-6-17-11-8-9(13)4-5-10(11)12(14,15)16/h4-5,8,17H,2-3,6-7H2,1H3. The van der Waals surface area contributed by atoms with E-state index in [4.69, 9.17) is 4.74 Å². The van der Waals surface area contributed by atoms with Crippen LogP contribution in [0, 0.1) is 0 Å². The molecule has 1 aromatic rings. The Labute approximate surface area is 113 Å². The van der Waals surface area contributed by atoms with Crippen molar-refractivity contribution in [3.05, 3.63) is 28.2 Å². The topological polar surface area (TPSA) is 21.3 Å². The van der Waals surface area contributed by atoms with E-state index in [0.29, 0.717) is 17.6 Å². The van der Waals surface area contributed by atoms with Crippen molar-refractivity contribution < 1.29 is 17.9 Å². The molecule has 0 saturated heterocycles. The molecule has 2 nitrogen and oxygen atoms in total. The molecule has 0 fully saturated rings. The Morgan fingerprint density at radius 1 is 1.28 bits per heavy atom. The molecule has 1 aromatic carbocycles. The number of hydrogen-bond acceptors (Lipinski definition) is 2. The molecular weight excluding hydrogens is 311 g/mol. The summed E-state index contributed by atoms with van der Waals surface area (Å²) in [4.78, 5) is 0. The van der Waals surface area contributed by atoms with E-state index in [1.807, 2.05) is 0 Å². The first-order chi connectivity index (χ1) is 8.45. The maximum Gasteiger partial charge on any atom is 0.418 e. The molecule has 0 heterocycles. The molecular formula is C12H15BrF3NO. The highest BCUT2D eigenvalue weighted by Gasteiger charge is 2.33. The van der Waals surface area contributed by atoms with E-state index in [2.05, 4.69) is 21.2 Å². The van der Waals surface area contributed by atoms with Crippen LogP contribution in [0.4, 0.5) is 18.9 Å². The van der Waals surface area contributed by atoms with E-state index < -0.39 is 11.7 Å². The van der Waals surface area contributed by atoms with Crippen molar-refractivity contribution in [2.45, 2.75) is 19.0 Å². The molecule has 0 bridgehead atoms. The van der Waals surface area contributed by atoms with Gasteiger partial charge in [-0.2, -0.15) is 13.2 Å². The van der Waals surface area contributed by atoms with Crippen molar-refractivity contribution in [1.82, 2.24) is 0 Å². The number of hydrogen-bond donors (Lipinski definition) is 1. The van der Waals surface area contributed by atoms with Crippen LogP contribution < -0.4 is 5.32 Å². The van der Waals surface area contributed by atoms with Crippen LogP contribution in [0.2, 0.25) is 0 Å². The molecule has 0 aliphatic carbocycles. The summed E-state index contributed by atoms with van der Waals surface area (Å²) in [7, 11) is 1.60. The molecule has 6 heteroatoms. The van der Waals surface area contributed by atoms with E-state index in [0.717, 1.165) is 18.9 Å². The van der Waals surface area contributed by atoms with Gasteiger partial charge in [-0.3, -0.25) is 0 Å². The minimum atomic E-state index is -4.34. The summed E-state index contributed by atoms with van der Waals surface area (Å²) in [5.41, 5.74) is -0.535. The van der Waals surface area contributed by atoms with Crippen LogP contribution in [0.5, 0.6) is 0 Å². The maximum atomic E-state index is 12.7. The van der Waals surface area contributed by atoms with E-state index in [1.54, 1.807) is 7.11 Å². The second-order valence-electron chi connectivity index (χ2n) is 3.81. The van der Waals surface area contributed by atoms with Crippen molar-refractivity contribution in [1.29, 1.82) is 0 Å². The molecule has 0 amide bonds. The number of alkyl halides is 3. The molecule has 0 aromatic heterocycles. The summed E-state index contributed by atoms with van der Waals surface area (Å²) in [6, 6.07) is 3.90. The number of halogens is 4. The number of benzene rings is 1. The van der Waals surface area contributed by atoms with Crippen LogP contribution >= 0.6 is 15.9 Å². The van der Waals surface area contributed by atoms with E-state index >= 15 is 0 Å². The van der Waals surface area contributed by atoms with Gasteiger partial charge in [-0.05, 0) is 31.0 Å². The third-order valence-electron chi connectivity index (χ3n) is 2.38. The van der Waals surface area contributed by atoms with Gasteiger partial charge < -0.3 is 10.1 Å². The van der Waals surface area contributed by atoms with Gasteiger partial charge in [0.2, 0.25) is 0 Å². The van der Waals surface area contributed by atoms with Gasteiger partial charge in [0.05, 0.1) is 5.56 Å². The quantitative estimate of drug-likeness (QED) is 0.787. The lowest BCUT2D eigenvalue weighted by Crippen LogP contribution is -2.12. The number of unbranched alkanes of at least 4 members (excludes halogenated alkanes) is 1. The first-order valence-corrected chi connectivity index (χ1v) is 6.34. The summed E-state index contributed by atoms with van der Waals surface area (Å²) >= 11 is 3.17. The van der Waals surface area contributed by atoms with Crippen molar-refractivity contribution in [3.63, 3.8) is 0 Å². The third kappa shape index (κ3) is 4.86. The van der Waals surface area contributed by atoms with Crippen molar-refractivity contribution >= 4 is 21.6 Å². The van der Waals surface area contributed by atoms with Crippen LogP contribution in [-0.4, -0.2) is 20.3 Å². The second-order valence-corrected chi connectivity index (χ2v) is 4.73. The molecule has 0 unspecified atom stereocenters. The first-order valence-electron chi connectivity index (χ1n) is 5.54. The Hall–Kier alpha value is -0.750. The van der Waals surface area contributed by atoms with Crippen LogP contribution in [0.25, 0.3) is 0 Å². The first kappa shape index (κ1) is 15.3. The molecule has 0 aliphatic rings. The average Bonchev–Trinajstić information content (AvgIpc) is 2.27. The Kier molecular flexibility index (Phi) is 5.95. The summed E-state index contributed by atoms with van der Waals surface area (Å²) < 4.78 is 43.7. The lowest BCUT2D eigenvalue weighted by molar-refractivity contribution is -0.137. The third-order valence-corrected chi connectivity index (χ3v) is 2.87. The van der Waals surface area contributed by atoms with Crippen molar-refractivity contribution in [2.24, 2.45) is 0 Å². The number of ether oxygens (including phenoxy) is 1. The monoisotopic (exact) mass is 325 g/mol. The molecule has 102 valence electrons. The molecule has 1 N–H and O–H groups in total. The molecule has 0 spiro atoms. The highest BCUT2D eigenvalue weighted by atomic mass is 79.9. The van der Waals surface area contributed by atoms with Crippen molar-refractivity contribution in [3.8, 4) is 0 Å². The number of nitrogens with one attached hydrogen (secondary N) is 1. The fraction of sp³-hybridized carbons (Fsp3) is 0.500. The van der Waals surface area contributed by atoms with Gasteiger partial charge >= 0.3 is 6.18 Å². The molecule has 0 atom stereocenters. The van der Waals surface area contributed by atoms with Gasteiger partial charge in [-0.15, -0.1) is 0 Å². The SMILES string of the molecule is COCCCCNc1cc(Br)ccc1C(F)(F)F. The second kappa shape index (κ2) is 6.99. The molecule has 0 aliphatic heterocycles. The number of methoxy groups -OCH3 is 1. The van der Waals surface area contributed by atoms with Crippen molar-refractivity contribution in [2.75, 3.05) is 25.6 Å². The minimum Gasteiger partial charge on any atom is -0.385 e. The Bertz CT molecular complexity index is 382. The highest BCUT2D eigenvalue weighted by molar-refractivity contribution is 9.10. The van der Waals surface area contributed by atoms with Gasteiger partial charge in [0.15, 0.2) is 0 Å². The molecule has 1 rings (SSSR count). The summed E-state index contributed by atoms with van der Waals surface area (Å²) in [6.07, 6.45) is -2.76. The molecule has 0 saturated carbocycles. The minimum absolute atomic E-state index is 0.106. The Morgan fingerprint density at radius 2 is 2.00 bits per heavy atom. The predicted octanol–water partition coefficient (Wildman–Crippen LogP) is 4.31. The summed E-state index contributed by atoms with van der Waals surface area (Å²) in [5, 5.41) is 2.81. The summed E-state index contributed by atoms with van der Waals surface area (Å²) in [5.74, 6) is 0. The fourth-order valence-corrected chi connectivity index (χ4v) is 1.87. The number of anilines is 1. The van der Waals surface area contributed by atoms with E-state index in [1.165, 1.54) is 12.1 Å². The summed E-state index contributed by atoms with van der Waals surface area (Å²) in [6.45, 7) is 1.11. The maximum absolute atomic E-state index is 12.7. The van der Waals surface area contributed by atoms with Crippen LogP contribution in [-0.2, 0) is 10.9 Å².